The van der Waals surface area contributed by atoms with E-state index in [-0.39, 0.29) is 32.3 Å². The molecule has 2 N–H and O–H groups in total. The second-order valence-electron chi connectivity index (χ2n) is 5.73. The summed E-state index contributed by atoms with van der Waals surface area (Å²) in [5.41, 5.74) is -0.982. The van der Waals surface area contributed by atoms with Crippen molar-refractivity contribution in [1.82, 2.24) is 0 Å². The van der Waals surface area contributed by atoms with Crippen molar-refractivity contribution in [2.75, 3.05) is 0 Å². The number of esters is 2. The number of ether oxygens (including phenoxy) is 1. The molecular weight excluding hydrogens is 471 g/mol. The van der Waals surface area contributed by atoms with Gasteiger partial charge < -0.3 is 4.74 Å². The summed E-state index contributed by atoms with van der Waals surface area (Å²) in [5, 5.41) is -0.719. The fourth-order valence-corrected chi connectivity index (χ4v) is 4.46. The Hall–Kier alpha value is -2.02. The van der Waals surface area contributed by atoms with E-state index in [1.807, 2.05) is 0 Å². The Morgan fingerprint density at radius 2 is 1.07 bits per heavy atom. The number of benzene rings is 2. The summed E-state index contributed by atoms with van der Waals surface area (Å²) in [6.45, 7) is 2.47. The normalized spacial score (nSPS) is 11.9. The molecule has 0 amide bonds. The molecule has 0 spiro atoms. The Bertz CT molecular complexity index is 1150. The van der Waals surface area contributed by atoms with E-state index in [1.165, 1.54) is 13.8 Å². The molecule has 0 radical (unpaired) electrons. The molecule has 0 aliphatic carbocycles. The van der Waals surface area contributed by atoms with Crippen LogP contribution in [0.15, 0.2) is 34.1 Å². The summed E-state index contributed by atoms with van der Waals surface area (Å²) in [5.74, 6) is -2.48. The van der Waals surface area contributed by atoms with Gasteiger partial charge in [-0.3, -0.25) is 9.11 Å². The first kappa shape index (κ1) is 23.3. The highest BCUT2D eigenvalue weighted by Gasteiger charge is 2.26. The van der Waals surface area contributed by atoms with Gasteiger partial charge in [-0.15, -0.1) is 0 Å². The zero-order valence-corrected chi connectivity index (χ0v) is 17.8. The average Bonchev–Trinajstić information content (AvgIpc) is 2.56. The molecular formula is C16H12Cl2O9S2. The van der Waals surface area contributed by atoms with Gasteiger partial charge in [0.1, 0.15) is 0 Å². The van der Waals surface area contributed by atoms with Gasteiger partial charge in [-0.1, -0.05) is 23.2 Å². The maximum absolute atomic E-state index is 12.3. The number of carbonyl (C=O) groups is 2. The standard InChI is InChI=1S/C16H12Cl2O9S2/c1-7-11(28(21,22)23)5-3-9(13(7)17)15(19)27-16(20)10-4-6-12(29(24,25)26)8(2)14(10)18/h3-6H,1-2H3,(H,21,22,23)(H,24,25,26). The maximum atomic E-state index is 12.3. The molecule has 0 atom stereocenters. The van der Waals surface area contributed by atoms with Gasteiger partial charge in [0.25, 0.3) is 20.2 Å². The van der Waals surface area contributed by atoms with Crippen molar-refractivity contribution in [3.63, 3.8) is 0 Å². The van der Waals surface area contributed by atoms with Crippen molar-refractivity contribution in [1.29, 1.82) is 0 Å². The molecule has 2 aromatic rings. The smallest absolute Gasteiger partial charge is 0.347 e. The van der Waals surface area contributed by atoms with Crippen molar-refractivity contribution in [3.05, 3.63) is 56.6 Å². The Morgan fingerprint density at radius 1 is 0.759 bits per heavy atom. The summed E-state index contributed by atoms with van der Waals surface area (Å²) in [6.07, 6.45) is 0. The van der Waals surface area contributed by atoms with Gasteiger partial charge in [0, 0.05) is 0 Å². The summed E-state index contributed by atoms with van der Waals surface area (Å²) >= 11 is 11.9. The Morgan fingerprint density at radius 3 is 1.34 bits per heavy atom. The van der Waals surface area contributed by atoms with Crippen molar-refractivity contribution in [2.24, 2.45) is 0 Å². The van der Waals surface area contributed by atoms with E-state index >= 15 is 0 Å². The molecule has 0 aliphatic heterocycles. The van der Waals surface area contributed by atoms with Crippen LogP contribution in [-0.2, 0) is 25.0 Å². The van der Waals surface area contributed by atoms with Crippen LogP contribution in [0.1, 0.15) is 31.8 Å². The second-order valence-corrected chi connectivity index (χ2v) is 9.26. The lowest BCUT2D eigenvalue weighted by Crippen LogP contribution is -2.15. The molecule has 9 nitrogen and oxygen atoms in total. The van der Waals surface area contributed by atoms with Crippen LogP contribution in [0.25, 0.3) is 0 Å². The second kappa shape index (κ2) is 8.01. The van der Waals surface area contributed by atoms with Crippen molar-refractivity contribution >= 4 is 55.4 Å². The molecule has 0 aliphatic rings. The van der Waals surface area contributed by atoms with Crippen LogP contribution in [0.4, 0.5) is 0 Å². The summed E-state index contributed by atoms with van der Waals surface area (Å²) in [6, 6.07) is 3.72. The lowest BCUT2D eigenvalue weighted by molar-refractivity contribution is 0.0397. The quantitative estimate of drug-likeness (QED) is 0.380. The van der Waals surface area contributed by atoms with Crippen molar-refractivity contribution in [3.8, 4) is 0 Å². The van der Waals surface area contributed by atoms with E-state index in [0.717, 1.165) is 24.3 Å². The van der Waals surface area contributed by atoms with E-state index in [1.54, 1.807) is 0 Å². The van der Waals surface area contributed by atoms with E-state index in [2.05, 4.69) is 4.74 Å². The minimum absolute atomic E-state index is 0.137. The molecule has 29 heavy (non-hydrogen) atoms. The maximum Gasteiger partial charge on any atom is 0.347 e. The van der Waals surface area contributed by atoms with Gasteiger partial charge in [-0.25, -0.2) is 9.59 Å². The molecule has 2 aromatic carbocycles. The summed E-state index contributed by atoms with van der Waals surface area (Å²) in [7, 11) is -9.16. The van der Waals surface area contributed by atoms with E-state index < -0.39 is 42.0 Å². The fraction of sp³-hybridized carbons (Fsp3) is 0.125. The van der Waals surface area contributed by atoms with Gasteiger partial charge in [0.05, 0.1) is 31.0 Å². The lowest BCUT2D eigenvalue weighted by atomic mass is 10.1. The monoisotopic (exact) mass is 482 g/mol. The summed E-state index contributed by atoms with van der Waals surface area (Å²) < 4.78 is 68.0. The Labute approximate surface area is 175 Å². The van der Waals surface area contributed by atoms with Gasteiger partial charge >= 0.3 is 11.9 Å². The number of hydrogen-bond acceptors (Lipinski definition) is 7. The molecule has 0 saturated heterocycles. The minimum Gasteiger partial charge on any atom is -0.386 e. The molecule has 156 valence electrons. The number of rotatable bonds is 4. The molecule has 0 aromatic heterocycles. The van der Waals surface area contributed by atoms with Crippen molar-refractivity contribution in [2.45, 2.75) is 23.6 Å². The van der Waals surface area contributed by atoms with E-state index in [0.29, 0.717) is 0 Å². The fourth-order valence-electron chi connectivity index (χ4n) is 2.40. The molecule has 0 saturated carbocycles. The highest BCUT2D eigenvalue weighted by Crippen LogP contribution is 2.30. The molecule has 0 heterocycles. The lowest BCUT2D eigenvalue weighted by Gasteiger charge is -2.11. The summed E-state index contributed by atoms with van der Waals surface area (Å²) in [4.78, 5) is 23.5. The van der Waals surface area contributed by atoms with Crippen LogP contribution in [0.2, 0.25) is 10.0 Å². The third-order valence-electron chi connectivity index (χ3n) is 3.85. The highest BCUT2D eigenvalue weighted by molar-refractivity contribution is 7.86. The first-order valence-corrected chi connectivity index (χ1v) is 11.1. The SMILES string of the molecule is Cc1c(S(=O)(=O)O)ccc(C(=O)OC(=O)c2ccc(S(=O)(=O)O)c(C)c2Cl)c1Cl. The first-order valence-electron chi connectivity index (χ1n) is 7.46. The topological polar surface area (TPSA) is 152 Å². The molecule has 0 fully saturated rings. The number of halogens is 2. The first-order chi connectivity index (χ1) is 13.2. The Balaban J connectivity index is 2.39. The third kappa shape index (κ3) is 4.77. The average molecular weight is 483 g/mol. The predicted molar refractivity (Wildman–Crippen MR) is 102 cm³/mol. The van der Waals surface area contributed by atoms with Gasteiger partial charge in [-0.2, -0.15) is 16.8 Å². The molecule has 2 rings (SSSR count). The van der Waals surface area contributed by atoms with Gasteiger partial charge in [0.15, 0.2) is 0 Å². The van der Waals surface area contributed by atoms with Crippen LogP contribution in [0.3, 0.4) is 0 Å². The van der Waals surface area contributed by atoms with Crippen LogP contribution in [0.5, 0.6) is 0 Å². The Kier molecular flexibility index (Phi) is 6.43. The zero-order chi connectivity index (χ0) is 22.3. The highest BCUT2D eigenvalue weighted by atomic mass is 35.5. The van der Waals surface area contributed by atoms with Crippen LogP contribution in [0, 0.1) is 13.8 Å². The molecule has 0 unspecified atom stereocenters. The van der Waals surface area contributed by atoms with Crippen LogP contribution in [-0.4, -0.2) is 37.9 Å². The number of carbonyl (C=O) groups excluding carboxylic acids is 2. The van der Waals surface area contributed by atoms with Gasteiger partial charge in [-0.05, 0) is 49.2 Å². The predicted octanol–water partition coefficient (Wildman–Crippen LogP) is 3.10. The van der Waals surface area contributed by atoms with Crippen LogP contribution >= 0.6 is 23.2 Å². The van der Waals surface area contributed by atoms with Gasteiger partial charge in [0.2, 0.25) is 0 Å². The zero-order valence-electron chi connectivity index (χ0n) is 14.6. The largest absolute Gasteiger partial charge is 0.386 e. The molecule has 13 heteroatoms. The van der Waals surface area contributed by atoms with Crippen LogP contribution < -0.4 is 0 Å². The third-order valence-corrected chi connectivity index (χ3v) is 6.82. The van der Waals surface area contributed by atoms with E-state index in [9.17, 15) is 26.4 Å². The number of hydrogen-bond donors (Lipinski definition) is 2. The van der Waals surface area contributed by atoms with E-state index in [4.69, 9.17) is 32.3 Å². The van der Waals surface area contributed by atoms with Crippen molar-refractivity contribution < 1.29 is 40.3 Å². The molecule has 0 bridgehead atoms. The minimum atomic E-state index is -4.58.